The molecule has 8 heteroatoms. The molecule has 0 unspecified atom stereocenters. The third-order valence-electron chi connectivity index (χ3n) is 4.29. The Morgan fingerprint density at radius 1 is 0.640 bits per heavy atom. The van der Waals surface area contributed by atoms with Gasteiger partial charge in [0.05, 0.1) is 0 Å². The fraction of sp³-hybridized carbons (Fsp3) is 0.412. The van der Waals surface area contributed by atoms with Crippen molar-refractivity contribution >= 4 is 11.1 Å². The zero-order valence-corrected chi connectivity index (χ0v) is 13.7. The van der Waals surface area contributed by atoms with E-state index in [-0.39, 0.29) is 23.0 Å². The molecule has 0 radical (unpaired) electrons. The molecule has 0 spiro atoms. The highest BCUT2D eigenvalue weighted by Gasteiger charge is 2.80. The van der Waals surface area contributed by atoms with E-state index in [1.807, 2.05) is 0 Å². The lowest BCUT2D eigenvalue weighted by Gasteiger charge is -2.25. The third-order valence-corrected chi connectivity index (χ3v) is 4.29. The molecule has 0 saturated carbocycles. The first-order chi connectivity index (χ1) is 11.3. The zero-order valence-electron chi connectivity index (χ0n) is 13.7. The molecular formula is C17H14F6O2. The molecule has 136 valence electrons. The van der Waals surface area contributed by atoms with Gasteiger partial charge in [0.1, 0.15) is 23.0 Å². The molecule has 0 atom stereocenters. The molecule has 0 bridgehead atoms. The number of rotatable bonds is 2. The summed E-state index contributed by atoms with van der Waals surface area (Å²) in [6, 6.07) is 2.11. The van der Waals surface area contributed by atoms with Crippen LogP contribution in [0.25, 0.3) is 11.1 Å². The van der Waals surface area contributed by atoms with Gasteiger partial charge < -0.3 is 8.83 Å². The van der Waals surface area contributed by atoms with Crippen molar-refractivity contribution in [3.05, 3.63) is 46.3 Å². The number of hydrogen-bond donors (Lipinski definition) is 0. The van der Waals surface area contributed by atoms with Crippen molar-refractivity contribution in [1.29, 1.82) is 0 Å². The molecule has 0 fully saturated rings. The summed E-state index contributed by atoms with van der Waals surface area (Å²) in [7, 11) is 0. The zero-order chi connectivity index (χ0) is 18.9. The average Bonchev–Trinajstić information content (AvgIpc) is 2.98. The Bertz CT molecular complexity index is 815. The number of hydrogen-bond acceptors (Lipinski definition) is 2. The van der Waals surface area contributed by atoms with Gasteiger partial charge in [-0.15, -0.1) is 0 Å². The lowest BCUT2D eigenvalue weighted by Crippen LogP contribution is -2.48. The fourth-order valence-electron chi connectivity index (χ4n) is 3.19. The molecule has 0 aromatic carbocycles. The first kappa shape index (κ1) is 17.7. The van der Waals surface area contributed by atoms with Crippen LogP contribution in [0.3, 0.4) is 0 Å². The van der Waals surface area contributed by atoms with Crippen molar-refractivity contribution in [2.45, 2.75) is 45.5 Å². The average molecular weight is 364 g/mol. The Hall–Kier alpha value is -2.12. The van der Waals surface area contributed by atoms with Gasteiger partial charge in [-0.25, -0.2) is 0 Å². The van der Waals surface area contributed by atoms with E-state index in [2.05, 4.69) is 0 Å². The van der Waals surface area contributed by atoms with Crippen molar-refractivity contribution in [2.75, 3.05) is 0 Å². The summed E-state index contributed by atoms with van der Waals surface area (Å²) >= 11 is 0. The summed E-state index contributed by atoms with van der Waals surface area (Å²) in [5.74, 6) is -15.7. The second-order valence-electron chi connectivity index (χ2n) is 6.13. The van der Waals surface area contributed by atoms with Crippen LogP contribution in [0.15, 0.2) is 21.0 Å². The van der Waals surface area contributed by atoms with Crippen LogP contribution in [-0.4, -0.2) is 17.8 Å². The number of allylic oxidation sites excluding steroid dienone is 2. The lowest BCUT2D eigenvalue weighted by atomic mass is 9.95. The van der Waals surface area contributed by atoms with Crippen molar-refractivity contribution in [3.8, 4) is 0 Å². The standard InChI is InChI=1S/C17H14F6O2/c1-7-5-11(9(3)24-7)13-14(12-6-8(2)25-10(12)4)16(20,21)17(22,23)15(13,18)19/h5-6H,1-4H3. The van der Waals surface area contributed by atoms with Crippen molar-refractivity contribution in [2.24, 2.45) is 0 Å². The first-order valence-electron chi connectivity index (χ1n) is 7.36. The Kier molecular flexibility index (Phi) is 3.51. The summed E-state index contributed by atoms with van der Waals surface area (Å²) in [6.45, 7) is 5.33. The maximum Gasteiger partial charge on any atom is 0.380 e. The molecule has 1 aliphatic carbocycles. The number of furan rings is 2. The van der Waals surface area contributed by atoms with Gasteiger partial charge in [0, 0.05) is 22.3 Å². The topological polar surface area (TPSA) is 26.3 Å². The molecule has 0 N–H and O–H groups in total. The van der Waals surface area contributed by atoms with Crippen molar-refractivity contribution < 1.29 is 35.2 Å². The summed E-state index contributed by atoms with van der Waals surface area (Å²) in [5.41, 5.74) is -3.79. The van der Waals surface area contributed by atoms with Gasteiger partial charge >= 0.3 is 17.8 Å². The Morgan fingerprint density at radius 3 is 1.20 bits per heavy atom. The molecule has 25 heavy (non-hydrogen) atoms. The highest BCUT2D eigenvalue weighted by Crippen LogP contribution is 2.65. The monoisotopic (exact) mass is 364 g/mol. The van der Waals surface area contributed by atoms with E-state index in [0.29, 0.717) is 0 Å². The lowest BCUT2D eigenvalue weighted by molar-refractivity contribution is -0.254. The number of aryl methyl sites for hydroxylation is 4. The van der Waals surface area contributed by atoms with Crippen LogP contribution in [-0.2, 0) is 0 Å². The smallest absolute Gasteiger partial charge is 0.380 e. The molecule has 2 nitrogen and oxygen atoms in total. The predicted octanol–water partition coefficient (Wildman–Crippen LogP) is 5.94. The highest BCUT2D eigenvalue weighted by molar-refractivity contribution is 6.01. The second kappa shape index (κ2) is 4.95. The Labute approximate surface area is 139 Å². The molecule has 3 rings (SSSR count). The predicted molar refractivity (Wildman–Crippen MR) is 78.0 cm³/mol. The SMILES string of the molecule is Cc1cc(C2=C(c3cc(C)oc3C)C(F)(F)C(F)(F)C2(F)F)c(C)o1. The maximum absolute atomic E-state index is 14.5. The van der Waals surface area contributed by atoms with Crippen LogP contribution in [0.4, 0.5) is 26.3 Å². The van der Waals surface area contributed by atoms with E-state index in [0.717, 1.165) is 12.1 Å². The van der Waals surface area contributed by atoms with Gasteiger partial charge in [-0.3, -0.25) is 0 Å². The van der Waals surface area contributed by atoms with Crippen LogP contribution in [0.2, 0.25) is 0 Å². The van der Waals surface area contributed by atoms with Crippen LogP contribution < -0.4 is 0 Å². The minimum Gasteiger partial charge on any atom is -0.466 e. The van der Waals surface area contributed by atoms with Gasteiger partial charge in [0.15, 0.2) is 0 Å². The maximum atomic E-state index is 14.5. The summed E-state index contributed by atoms with van der Waals surface area (Å²) in [4.78, 5) is 0. The summed E-state index contributed by atoms with van der Waals surface area (Å²) in [5, 5.41) is 0. The molecule has 0 saturated heterocycles. The van der Waals surface area contributed by atoms with Crippen LogP contribution in [0, 0.1) is 27.7 Å². The number of alkyl halides is 6. The highest BCUT2D eigenvalue weighted by atomic mass is 19.3. The number of halogens is 6. The van der Waals surface area contributed by atoms with E-state index >= 15 is 0 Å². The van der Waals surface area contributed by atoms with E-state index in [4.69, 9.17) is 8.83 Å². The Balaban J connectivity index is 2.46. The molecule has 0 aliphatic heterocycles. The van der Waals surface area contributed by atoms with Crippen LogP contribution in [0.5, 0.6) is 0 Å². The van der Waals surface area contributed by atoms with Gasteiger partial charge in [0.25, 0.3) is 0 Å². The van der Waals surface area contributed by atoms with E-state index in [9.17, 15) is 26.3 Å². The molecule has 2 aromatic rings. The normalized spacial score (nSPS) is 21.2. The first-order valence-corrected chi connectivity index (χ1v) is 7.36. The quantitative estimate of drug-likeness (QED) is 0.617. The van der Waals surface area contributed by atoms with Crippen LogP contribution in [0.1, 0.15) is 34.2 Å². The van der Waals surface area contributed by atoms with Gasteiger partial charge in [0.2, 0.25) is 0 Å². The minimum atomic E-state index is -5.58. The Morgan fingerprint density at radius 2 is 0.960 bits per heavy atom. The minimum absolute atomic E-state index is 0.143. The van der Waals surface area contributed by atoms with E-state index in [1.165, 1.54) is 27.7 Å². The third kappa shape index (κ3) is 2.12. The van der Waals surface area contributed by atoms with Crippen LogP contribution >= 0.6 is 0 Å². The molecule has 2 heterocycles. The summed E-state index contributed by atoms with van der Waals surface area (Å²) < 4.78 is 96.2. The molecule has 2 aromatic heterocycles. The molecule has 0 amide bonds. The van der Waals surface area contributed by atoms with E-state index < -0.39 is 40.0 Å². The fourth-order valence-corrected chi connectivity index (χ4v) is 3.19. The largest absolute Gasteiger partial charge is 0.466 e. The van der Waals surface area contributed by atoms with Gasteiger partial charge in [-0.1, -0.05) is 0 Å². The second-order valence-corrected chi connectivity index (χ2v) is 6.13. The van der Waals surface area contributed by atoms with Crippen molar-refractivity contribution in [3.63, 3.8) is 0 Å². The van der Waals surface area contributed by atoms with Gasteiger partial charge in [-0.2, -0.15) is 26.3 Å². The van der Waals surface area contributed by atoms with Gasteiger partial charge in [-0.05, 0) is 39.8 Å². The molecular weight excluding hydrogens is 350 g/mol. The van der Waals surface area contributed by atoms with E-state index in [1.54, 1.807) is 0 Å². The summed E-state index contributed by atoms with van der Waals surface area (Å²) in [6.07, 6.45) is 0. The molecule has 1 aliphatic rings. The van der Waals surface area contributed by atoms with Crippen molar-refractivity contribution in [1.82, 2.24) is 0 Å².